The highest BCUT2D eigenvalue weighted by Gasteiger charge is 2.17. The third kappa shape index (κ3) is 3.61. The van der Waals surface area contributed by atoms with Gasteiger partial charge in [-0.3, -0.25) is 0 Å². The van der Waals surface area contributed by atoms with E-state index in [0.29, 0.717) is 35.9 Å². The van der Waals surface area contributed by atoms with Gasteiger partial charge < -0.3 is 20.3 Å². The maximum Gasteiger partial charge on any atom is 0.221 e. The summed E-state index contributed by atoms with van der Waals surface area (Å²) in [6, 6.07) is 11.9. The molecule has 0 aliphatic rings. The minimum atomic E-state index is -0.329. The van der Waals surface area contributed by atoms with Crippen molar-refractivity contribution in [2.45, 2.75) is 13.0 Å². The van der Waals surface area contributed by atoms with Crippen LogP contribution in [0.15, 0.2) is 42.5 Å². The second kappa shape index (κ2) is 8.12. The van der Waals surface area contributed by atoms with Gasteiger partial charge in [-0.2, -0.15) is 0 Å². The summed E-state index contributed by atoms with van der Waals surface area (Å²) in [6.45, 7) is 0.556. The smallest absolute Gasteiger partial charge is 0.221 e. The summed E-state index contributed by atoms with van der Waals surface area (Å²) >= 11 is 0. The van der Waals surface area contributed by atoms with Crippen LogP contribution >= 0.6 is 0 Å². The van der Waals surface area contributed by atoms with Crippen LogP contribution in [0.3, 0.4) is 0 Å². The van der Waals surface area contributed by atoms with E-state index in [-0.39, 0.29) is 19.0 Å². The Balaban J connectivity index is 2.26. The van der Waals surface area contributed by atoms with Gasteiger partial charge in [-0.05, 0) is 35.9 Å². The molecule has 3 rings (SSSR count). The minimum Gasteiger partial charge on any atom is -0.497 e. The summed E-state index contributed by atoms with van der Waals surface area (Å²) in [5.74, 6) is 0.784. The number of fused-ring (bicyclic) bond motifs is 1. The molecule has 0 amide bonds. The molecule has 0 aliphatic carbocycles. The van der Waals surface area contributed by atoms with Crippen LogP contribution in [0.1, 0.15) is 12.1 Å². The first-order valence-corrected chi connectivity index (χ1v) is 8.38. The quantitative estimate of drug-likeness (QED) is 0.635. The van der Waals surface area contributed by atoms with Gasteiger partial charge in [0.05, 0.1) is 19.4 Å². The molecular formula is C20H21FN2O3. The maximum absolute atomic E-state index is 13.8. The van der Waals surface area contributed by atoms with Gasteiger partial charge in [-0.1, -0.05) is 12.1 Å². The van der Waals surface area contributed by atoms with Crippen molar-refractivity contribution in [3.63, 3.8) is 0 Å². The summed E-state index contributed by atoms with van der Waals surface area (Å²) in [6.07, 6.45) is 0.503. The summed E-state index contributed by atoms with van der Waals surface area (Å²) in [7, 11) is 1.59. The fourth-order valence-corrected chi connectivity index (χ4v) is 2.90. The molecule has 0 saturated heterocycles. The maximum atomic E-state index is 13.8. The molecule has 0 aliphatic heterocycles. The van der Waals surface area contributed by atoms with Crippen LogP contribution < -0.4 is 15.2 Å². The first-order valence-electron chi connectivity index (χ1n) is 8.38. The predicted molar refractivity (Wildman–Crippen MR) is 98.8 cm³/mol. The van der Waals surface area contributed by atoms with Crippen molar-refractivity contribution in [1.82, 2.24) is 4.98 Å². The topological polar surface area (TPSA) is 77.6 Å². The number of hydrogen-bond acceptors (Lipinski definition) is 5. The number of rotatable bonds is 7. The Hall–Kier alpha value is -2.70. The SMILES string of the molecule is COc1ccc2c(OCCCO)nc(CN)c(-c3cccc(F)c3)c2c1. The standard InChI is InChI=1S/C20H21FN2O3/c1-25-15-6-7-16-17(11-15)19(13-4-2-5-14(21)10-13)18(12-22)23-20(16)26-9-3-8-24/h2,4-7,10-11,24H,3,8-9,12,22H2,1H3. The molecule has 1 heterocycles. The first kappa shape index (κ1) is 18.1. The molecule has 6 heteroatoms. The monoisotopic (exact) mass is 356 g/mol. The summed E-state index contributed by atoms with van der Waals surface area (Å²) < 4.78 is 24.9. The van der Waals surface area contributed by atoms with Crippen molar-refractivity contribution < 1.29 is 19.0 Å². The minimum absolute atomic E-state index is 0.0386. The van der Waals surface area contributed by atoms with E-state index in [1.54, 1.807) is 13.2 Å². The zero-order valence-corrected chi connectivity index (χ0v) is 14.5. The van der Waals surface area contributed by atoms with Crippen LogP contribution in [0.4, 0.5) is 4.39 Å². The Morgan fingerprint density at radius 2 is 2.00 bits per heavy atom. The molecule has 0 unspecified atom stereocenters. The van der Waals surface area contributed by atoms with E-state index in [1.807, 2.05) is 24.3 Å². The molecule has 3 aromatic rings. The molecule has 2 aromatic carbocycles. The normalized spacial score (nSPS) is 10.9. The van der Waals surface area contributed by atoms with Crippen LogP contribution in [0.25, 0.3) is 21.9 Å². The molecule has 3 N–H and O–H groups in total. The lowest BCUT2D eigenvalue weighted by molar-refractivity contribution is 0.230. The number of methoxy groups -OCH3 is 1. The molecule has 0 spiro atoms. The number of aromatic nitrogens is 1. The van der Waals surface area contributed by atoms with Gasteiger partial charge in [0.25, 0.3) is 0 Å². The number of nitrogens with zero attached hydrogens (tertiary/aromatic N) is 1. The highest BCUT2D eigenvalue weighted by molar-refractivity contribution is 6.01. The molecule has 1 aromatic heterocycles. The zero-order chi connectivity index (χ0) is 18.5. The lowest BCUT2D eigenvalue weighted by Crippen LogP contribution is -2.08. The molecular weight excluding hydrogens is 335 g/mol. The van der Waals surface area contributed by atoms with E-state index in [2.05, 4.69) is 4.98 Å². The molecule has 0 bridgehead atoms. The Morgan fingerprint density at radius 1 is 1.15 bits per heavy atom. The van der Waals surface area contributed by atoms with Crippen molar-refractivity contribution in [3.05, 3.63) is 54.0 Å². The Bertz CT molecular complexity index is 915. The van der Waals surface area contributed by atoms with Gasteiger partial charge in [0, 0.05) is 35.9 Å². The highest BCUT2D eigenvalue weighted by Crippen LogP contribution is 2.37. The number of halogens is 1. The van der Waals surface area contributed by atoms with E-state index in [1.165, 1.54) is 12.1 Å². The largest absolute Gasteiger partial charge is 0.497 e. The number of benzene rings is 2. The van der Waals surface area contributed by atoms with Gasteiger partial charge in [0.15, 0.2) is 0 Å². The fraction of sp³-hybridized carbons (Fsp3) is 0.250. The highest BCUT2D eigenvalue weighted by atomic mass is 19.1. The van der Waals surface area contributed by atoms with Gasteiger partial charge >= 0.3 is 0 Å². The predicted octanol–water partition coefficient (Wildman–Crippen LogP) is 3.27. The number of ether oxygens (including phenoxy) is 2. The molecule has 0 atom stereocenters. The second-order valence-corrected chi connectivity index (χ2v) is 5.79. The number of aliphatic hydroxyl groups is 1. The van der Waals surface area contributed by atoms with E-state index in [4.69, 9.17) is 20.3 Å². The van der Waals surface area contributed by atoms with Gasteiger partial charge in [-0.15, -0.1) is 0 Å². The third-order valence-electron chi connectivity index (χ3n) is 4.10. The average Bonchev–Trinajstić information content (AvgIpc) is 2.67. The van der Waals surface area contributed by atoms with Crippen LogP contribution in [-0.2, 0) is 6.54 Å². The molecule has 0 fully saturated rings. The Morgan fingerprint density at radius 3 is 2.69 bits per heavy atom. The van der Waals surface area contributed by atoms with Crippen LogP contribution in [0.2, 0.25) is 0 Å². The fourth-order valence-electron chi connectivity index (χ4n) is 2.90. The van der Waals surface area contributed by atoms with Crippen molar-refractivity contribution in [2.24, 2.45) is 5.73 Å². The number of nitrogens with two attached hydrogens (primary N) is 1. The molecule has 5 nitrogen and oxygen atoms in total. The molecule has 0 radical (unpaired) electrons. The zero-order valence-electron chi connectivity index (χ0n) is 14.5. The Labute approximate surface area is 151 Å². The van der Waals surface area contributed by atoms with Crippen molar-refractivity contribution in [1.29, 1.82) is 0 Å². The molecule has 0 saturated carbocycles. The van der Waals surface area contributed by atoms with E-state index >= 15 is 0 Å². The molecule has 136 valence electrons. The van der Waals surface area contributed by atoms with Crippen molar-refractivity contribution >= 4 is 10.8 Å². The van der Waals surface area contributed by atoms with Gasteiger partial charge in [-0.25, -0.2) is 9.37 Å². The van der Waals surface area contributed by atoms with Crippen molar-refractivity contribution in [3.8, 4) is 22.8 Å². The summed E-state index contributed by atoms with van der Waals surface area (Å²) in [5.41, 5.74) is 7.99. The van der Waals surface area contributed by atoms with Crippen LogP contribution in [-0.4, -0.2) is 30.4 Å². The lowest BCUT2D eigenvalue weighted by atomic mass is 9.96. The average molecular weight is 356 g/mol. The third-order valence-corrected chi connectivity index (χ3v) is 4.10. The number of hydrogen-bond donors (Lipinski definition) is 2. The lowest BCUT2D eigenvalue weighted by Gasteiger charge is -2.16. The first-order chi connectivity index (χ1) is 12.7. The van der Waals surface area contributed by atoms with E-state index in [9.17, 15) is 4.39 Å². The van der Waals surface area contributed by atoms with E-state index in [0.717, 1.165) is 16.3 Å². The Kier molecular flexibility index (Phi) is 5.65. The molecule has 26 heavy (non-hydrogen) atoms. The van der Waals surface area contributed by atoms with Gasteiger partial charge in [0.1, 0.15) is 11.6 Å². The van der Waals surface area contributed by atoms with E-state index < -0.39 is 0 Å². The summed E-state index contributed by atoms with van der Waals surface area (Å²) in [5, 5.41) is 10.6. The number of aliphatic hydroxyl groups excluding tert-OH is 1. The number of pyridine rings is 1. The van der Waals surface area contributed by atoms with Crippen LogP contribution in [0.5, 0.6) is 11.6 Å². The second-order valence-electron chi connectivity index (χ2n) is 5.79. The van der Waals surface area contributed by atoms with Crippen LogP contribution in [0, 0.1) is 5.82 Å². The van der Waals surface area contributed by atoms with Crippen molar-refractivity contribution in [2.75, 3.05) is 20.3 Å². The summed E-state index contributed by atoms with van der Waals surface area (Å²) in [4.78, 5) is 4.56. The van der Waals surface area contributed by atoms with Gasteiger partial charge in [0.2, 0.25) is 5.88 Å².